The molecule has 1 aromatic rings. The molecule has 21 heavy (non-hydrogen) atoms. The van der Waals surface area contributed by atoms with Gasteiger partial charge in [-0.2, -0.15) is 0 Å². The number of carbonyl (C=O) groups is 1. The summed E-state index contributed by atoms with van der Waals surface area (Å²) in [5.74, 6) is 0.310. The first-order valence-corrected chi connectivity index (χ1v) is 8.89. The van der Waals surface area contributed by atoms with E-state index in [1.54, 1.807) is 11.3 Å². The zero-order valence-electron chi connectivity index (χ0n) is 12.9. The Morgan fingerprint density at radius 1 is 1.38 bits per heavy atom. The number of thiophene rings is 1. The van der Waals surface area contributed by atoms with Crippen LogP contribution in [0.15, 0.2) is 17.5 Å². The van der Waals surface area contributed by atoms with Crippen molar-refractivity contribution >= 4 is 17.2 Å². The van der Waals surface area contributed by atoms with Gasteiger partial charge in [0.2, 0.25) is 5.91 Å². The molecular formula is C16H25N3OS. The fraction of sp³-hybridized carbons (Fsp3) is 0.688. The van der Waals surface area contributed by atoms with E-state index in [1.165, 1.54) is 4.88 Å². The maximum Gasteiger partial charge on any atom is 0.241 e. The van der Waals surface area contributed by atoms with E-state index in [-0.39, 0.29) is 12.2 Å². The largest absolute Gasteiger partial charge is 0.318 e. The van der Waals surface area contributed by atoms with Crippen LogP contribution < -0.4 is 5.32 Å². The predicted octanol–water partition coefficient (Wildman–Crippen LogP) is 2.44. The fourth-order valence-corrected chi connectivity index (χ4v) is 4.26. The van der Waals surface area contributed by atoms with Crippen molar-refractivity contribution in [2.45, 2.75) is 50.9 Å². The van der Waals surface area contributed by atoms with E-state index in [4.69, 9.17) is 0 Å². The van der Waals surface area contributed by atoms with Crippen molar-refractivity contribution in [1.29, 1.82) is 0 Å². The summed E-state index contributed by atoms with van der Waals surface area (Å²) >= 11 is 1.74. The molecule has 0 spiro atoms. The van der Waals surface area contributed by atoms with E-state index in [2.05, 4.69) is 46.6 Å². The van der Waals surface area contributed by atoms with E-state index >= 15 is 0 Å². The highest BCUT2D eigenvalue weighted by Gasteiger charge is 2.43. The third-order valence-electron chi connectivity index (χ3n) is 4.66. The highest BCUT2D eigenvalue weighted by Crippen LogP contribution is 2.34. The number of hydrogen-bond acceptors (Lipinski definition) is 4. The van der Waals surface area contributed by atoms with Gasteiger partial charge in [-0.15, -0.1) is 11.3 Å². The molecule has 4 nitrogen and oxygen atoms in total. The van der Waals surface area contributed by atoms with Gasteiger partial charge in [-0.1, -0.05) is 19.4 Å². The van der Waals surface area contributed by atoms with Gasteiger partial charge in [-0.25, -0.2) is 0 Å². The van der Waals surface area contributed by atoms with Gasteiger partial charge in [0.05, 0.1) is 6.04 Å². The molecule has 0 aliphatic carbocycles. The number of carbonyl (C=O) groups excluding carboxylic acids is 1. The summed E-state index contributed by atoms with van der Waals surface area (Å²) in [5, 5.41) is 5.67. The maximum absolute atomic E-state index is 12.8. The number of rotatable bonds is 4. The molecule has 2 aliphatic rings. The minimum absolute atomic E-state index is 0.00163. The summed E-state index contributed by atoms with van der Waals surface area (Å²) in [7, 11) is 2.16. The van der Waals surface area contributed by atoms with Crippen molar-refractivity contribution < 1.29 is 4.79 Å². The standard InChI is InChI=1S/C16H25N3OS/c1-3-5-13-16(20)19(12-7-9-18(2)10-8-12)15(17-13)14-6-4-11-21-14/h4,6,11-13,15,17H,3,5,7-10H2,1-2H3. The second-order valence-electron chi connectivity index (χ2n) is 6.21. The van der Waals surface area contributed by atoms with E-state index in [1.807, 2.05) is 0 Å². The Kier molecular flexibility index (Phi) is 4.62. The Labute approximate surface area is 131 Å². The lowest BCUT2D eigenvalue weighted by Gasteiger charge is -2.37. The van der Waals surface area contributed by atoms with Crippen LogP contribution in [0.3, 0.4) is 0 Å². The summed E-state index contributed by atoms with van der Waals surface area (Å²) < 4.78 is 0. The first-order chi connectivity index (χ1) is 10.2. The number of hydrogen-bond donors (Lipinski definition) is 1. The minimum atomic E-state index is 0.00163. The van der Waals surface area contributed by atoms with Crippen LogP contribution in [0.5, 0.6) is 0 Å². The van der Waals surface area contributed by atoms with Crippen LogP contribution in [-0.4, -0.2) is 47.9 Å². The van der Waals surface area contributed by atoms with Crippen molar-refractivity contribution in [3.05, 3.63) is 22.4 Å². The summed E-state index contributed by atoms with van der Waals surface area (Å²) in [6.07, 6.45) is 4.24. The number of amides is 1. The number of likely N-dealkylation sites (tertiary alicyclic amines) is 1. The van der Waals surface area contributed by atoms with Crippen LogP contribution in [0.25, 0.3) is 0 Å². The molecule has 2 aliphatic heterocycles. The van der Waals surface area contributed by atoms with Crippen LogP contribution in [0, 0.1) is 0 Å². The van der Waals surface area contributed by atoms with Gasteiger partial charge < -0.3 is 9.80 Å². The monoisotopic (exact) mass is 307 g/mol. The summed E-state index contributed by atoms with van der Waals surface area (Å²) in [4.78, 5) is 18.6. The molecule has 1 amide bonds. The molecule has 2 fully saturated rings. The van der Waals surface area contributed by atoms with Crippen LogP contribution in [0.2, 0.25) is 0 Å². The Hall–Kier alpha value is -0.910. The average Bonchev–Trinajstić information content (AvgIpc) is 3.10. The van der Waals surface area contributed by atoms with Crippen molar-refractivity contribution in [2.75, 3.05) is 20.1 Å². The van der Waals surface area contributed by atoms with Gasteiger partial charge in [-0.3, -0.25) is 10.1 Å². The normalized spacial score (nSPS) is 28.5. The fourth-order valence-electron chi connectivity index (χ4n) is 3.47. The van der Waals surface area contributed by atoms with Gasteiger partial charge >= 0.3 is 0 Å². The maximum atomic E-state index is 12.8. The quantitative estimate of drug-likeness (QED) is 0.928. The molecule has 5 heteroatoms. The van der Waals surface area contributed by atoms with E-state index in [0.717, 1.165) is 38.8 Å². The van der Waals surface area contributed by atoms with Crippen LogP contribution in [-0.2, 0) is 4.79 Å². The lowest BCUT2D eigenvalue weighted by Crippen LogP contribution is -2.46. The third-order valence-corrected chi connectivity index (χ3v) is 5.59. The molecule has 0 bridgehead atoms. The topological polar surface area (TPSA) is 35.6 Å². The van der Waals surface area contributed by atoms with Gasteiger partial charge in [0.25, 0.3) is 0 Å². The predicted molar refractivity (Wildman–Crippen MR) is 86.3 cm³/mol. The van der Waals surface area contributed by atoms with Gasteiger partial charge in [-0.05, 0) is 50.8 Å². The number of nitrogens with one attached hydrogen (secondary N) is 1. The second-order valence-corrected chi connectivity index (χ2v) is 7.19. The molecule has 3 rings (SSSR count). The van der Waals surface area contributed by atoms with Gasteiger partial charge in [0.1, 0.15) is 6.17 Å². The Bertz CT molecular complexity index is 468. The van der Waals surface area contributed by atoms with Crippen molar-refractivity contribution in [3.63, 3.8) is 0 Å². The zero-order chi connectivity index (χ0) is 14.8. The molecule has 2 unspecified atom stereocenters. The lowest BCUT2D eigenvalue weighted by molar-refractivity contribution is -0.133. The zero-order valence-corrected chi connectivity index (χ0v) is 13.7. The smallest absolute Gasteiger partial charge is 0.241 e. The summed E-state index contributed by atoms with van der Waals surface area (Å²) in [5.41, 5.74) is 0. The molecule has 0 saturated carbocycles. The first-order valence-electron chi connectivity index (χ1n) is 8.01. The Morgan fingerprint density at radius 2 is 2.14 bits per heavy atom. The molecule has 0 aromatic carbocycles. The number of nitrogens with zero attached hydrogens (tertiary/aromatic N) is 2. The van der Waals surface area contributed by atoms with E-state index in [0.29, 0.717) is 11.9 Å². The molecule has 116 valence electrons. The molecular weight excluding hydrogens is 282 g/mol. The lowest BCUT2D eigenvalue weighted by atomic mass is 10.0. The average molecular weight is 307 g/mol. The SMILES string of the molecule is CCCC1NC(c2cccs2)N(C2CCN(C)CC2)C1=O. The molecule has 1 N–H and O–H groups in total. The van der Waals surface area contributed by atoms with Crippen molar-refractivity contribution in [3.8, 4) is 0 Å². The van der Waals surface area contributed by atoms with Crippen LogP contribution >= 0.6 is 11.3 Å². The molecule has 3 heterocycles. The first kappa shape index (κ1) is 15.0. The molecule has 0 radical (unpaired) electrons. The minimum Gasteiger partial charge on any atom is -0.318 e. The Balaban J connectivity index is 1.81. The highest BCUT2D eigenvalue weighted by atomic mass is 32.1. The van der Waals surface area contributed by atoms with Crippen LogP contribution in [0.1, 0.15) is 43.6 Å². The van der Waals surface area contributed by atoms with E-state index < -0.39 is 0 Å². The second kappa shape index (κ2) is 6.46. The number of piperidine rings is 1. The van der Waals surface area contributed by atoms with Crippen molar-refractivity contribution in [1.82, 2.24) is 15.1 Å². The van der Waals surface area contributed by atoms with E-state index in [9.17, 15) is 4.79 Å². The third kappa shape index (κ3) is 3.00. The summed E-state index contributed by atoms with van der Waals surface area (Å²) in [6.45, 7) is 4.32. The molecule has 2 atom stereocenters. The highest BCUT2D eigenvalue weighted by molar-refractivity contribution is 7.10. The van der Waals surface area contributed by atoms with Crippen LogP contribution in [0.4, 0.5) is 0 Å². The summed E-state index contributed by atoms with van der Waals surface area (Å²) in [6, 6.07) is 4.61. The molecule has 2 saturated heterocycles. The van der Waals surface area contributed by atoms with Gasteiger partial charge in [0.15, 0.2) is 0 Å². The van der Waals surface area contributed by atoms with Crippen molar-refractivity contribution in [2.24, 2.45) is 0 Å². The molecule has 1 aromatic heterocycles. The van der Waals surface area contributed by atoms with Gasteiger partial charge in [0, 0.05) is 10.9 Å². The Morgan fingerprint density at radius 3 is 2.76 bits per heavy atom.